The van der Waals surface area contributed by atoms with E-state index >= 15 is 0 Å². The number of likely N-dealkylation sites (tertiary alicyclic amines) is 1. The van der Waals surface area contributed by atoms with Crippen molar-refractivity contribution in [1.29, 1.82) is 0 Å². The molecule has 2 fully saturated rings. The summed E-state index contributed by atoms with van der Waals surface area (Å²) in [5.41, 5.74) is 12.1. The molecule has 5 nitrogen and oxygen atoms in total. The number of ether oxygens (including phenoxy) is 1. The molecule has 3 aliphatic rings. The van der Waals surface area contributed by atoms with Gasteiger partial charge in [-0.05, 0) is 79.0 Å². The third kappa shape index (κ3) is 4.16. The molecule has 3 aromatic heterocycles. The van der Waals surface area contributed by atoms with Gasteiger partial charge in [0.1, 0.15) is 5.65 Å². The van der Waals surface area contributed by atoms with Crippen LogP contribution in [0.3, 0.4) is 0 Å². The number of aromatic amines is 1. The second-order valence-corrected chi connectivity index (χ2v) is 11.8. The maximum atomic E-state index is 5.87. The van der Waals surface area contributed by atoms with E-state index in [1.54, 1.807) is 0 Å². The predicted molar refractivity (Wildman–Crippen MR) is 160 cm³/mol. The van der Waals surface area contributed by atoms with Gasteiger partial charge in [0.05, 0.1) is 18.4 Å². The van der Waals surface area contributed by atoms with Crippen molar-refractivity contribution in [3.8, 4) is 33.5 Å². The Kier molecular flexibility index (Phi) is 5.82. The number of rotatable bonds is 4. The zero-order valence-corrected chi connectivity index (χ0v) is 22.9. The molecule has 3 atom stereocenters. The number of aryl methyl sites for hydroxylation is 3. The number of nitrogens with zero attached hydrogens (tertiary/aromatic N) is 3. The molecule has 2 aliphatic heterocycles. The van der Waals surface area contributed by atoms with Gasteiger partial charge in [0.25, 0.3) is 0 Å². The summed E-state index contributed by atoms with van der Waals surface area (Å²) >= 11 is 0. The van der Waals surface area contributed by atoms with E-state index in [-0.39, 0.29) is 0 Å². The predicted octanol–water partition coefficient (Wildman–Crippen LogP) is 6.99. The van der Waals surface area contributed by atoms with Gasteiger partial charge in [0.15, 0.2) is 0 Å². The van der Waals surface area contributed by atoms with E-state index in [9.17, 15) is 0 Å². The zero-order valence-electron chi connectivity index (χ0n) is 22.9. The zero-order chi connectivity index (χ0) is 26.6. The van der Waals surface area contributed by atoms with Crippen molar-refractivity contribution in [2.24, 2.45) is 0 Å². The first-order valence-corrected chi connectivity index (χ1v) is 14.7. The van der Waals surface area contributed by atoms with Crippen molar-refractivity contribution in [1.82, 2.24) is 19.9 Å². The Hall–Kier alpha value is -3.80. The monoisotopic (exact) mass is 526 g/mol. The van der Waals surface area contributed by atoms with E-state index in [1.165, 1.54) is 64.6 Å². The number of benzene rings is 2. The van der Waals surface area contributed by atoms with Crippen molar-refractivity contribution in [2.45, 2.75) is 57.2 Å². The van der Waals surface area contributed by atoms with Crippen molar-refractivity contribution in [2.75, 3.05) is 13.2 Å². The molecular weight excluding hydrogens is 492 g/mol. The number of fused-ring (bicyclic) bond motifs is 4. The molecule has 5 heteroatoms. The minimum atomic E-state index is 0.478. The molecule has 2 aromatic carbocycles. The summed E-state index contributed by atoms with van der Waals surface area (Å²) in [6.07, 6.45) is 12.5. The first kappa shape index (κ1) is 24.0. The molecule has 0 saturated carbocycles. The molecule has 200 valence electrons. The SMILES string of the molecule is Cc1cccnc1-c1ccc(-c2c[nH]c3ncc(-c4ccc5c(c4)CC[C@@H](N4C[C@@H]6C[C@H]4CO6)CC5)cc23)cc1. The summed E-state index contributed by atoms with van der Waals surface area (Å²) in [4.78, 5) is 15.5. The van der Waals surface area contributed by atoms with Gasteiger partial charge >= 0.3 is 0 Å². The van der Waals surface area contributed by atoms with Gasteiger partial charge < -0.3 is 9.72 Å². The van der Waals surface area contributed by atoms with E-state index in [0.29, 0.717) is 18.2 Å². The van der Waals surface area contributed by atoms with Crippen LogP contribution in [0.1, 0.15) is 36.0 Å². The fourth-order valence-corrected chi connectivity index (χ4v) is 7.27. The van der Waals surface area contributed by atoms with E-state index < -0.39 is 0 Å². The van der Waals surface area contributed by atoms with Gasteiger partial charge in [-0.15, -0.1) is 0 Å². The highest BCUT2D eigenvalue weighted by Gasteiger charge is 2.42. The molecule has 2 saturated heterocycles. The average Bonchev–Trinajstić information content (AvgIpc) is 3.70. The lowest BCUT2D eigenvalue weighted by Crippen LogP contribution is -2.44. The van der Waals surface area contributed by atoms with Crippen LogP contribution >= 0.6 is 0 Å². The second kappa shape index (κ2) is 9.69. The van der Waals surface area contributed by atoms with Gasteiger partial charge in [0, 0.05) is 59.3 Å². The number of hydrogen-bond acceptors (Lipinski definition) is 4. The topological polar surface area (TPSA) is 54.0 Å². The van der Waals surface area contributed by atoms with Gasteiger partial charge in [-0.1, -0.05) is 48.5 Å². The highest BCUT2D eigenvalue weighted by molar-refractivity contribution is 5.96. The second-order valence-electron chi connectivity index (χ2n) is 11.8. The van der Waals surface area contributed by atoms with Crippen LogP contribution in [0.25, 0.3) is 44.5 Å². The summed E-state index contributed by atoms with van der Waals surface area (Å²) in [5, 5.41) is 1.15. The van der Waals surface area contributed by atoms with Crippen molar-refractivity contribution < 1.29 is 4.74 Å². The van der Waals surface area contributed by atoms with Crippen molar-refractivity contribution >= 4 is 11.0 Å². The number of aromatic nitrogens is 3. The molecule has 0 spiro atoms. The first-order valence-electron chi connectivity index (χ1n) is 14.7. The fourth-order valence-electron chi connectivity index (χ4n) is 7.27. The molecule has 5 heterocycles. The quantitative estimate of drug-likeness (QED) is 0.257. The number of H-pyrrole nitrogens is 1. The van der Waals surface area contributed by atoms with Crippen LogP contribution in [-0.4, -0.2) is 51.2 Å². The maximum absolute atomic E-state index is 5.87. The molecular formula is C35H34N4O. The Morgan fingerprint density at radius 3 is 2.48 bits per heavy atom. The van der Waals surface area contributed by atoms with E-state index in [2.05, 4.69) is 82.6 Å². The molecule has 8 rings (SSSR count). The Balaban J connectivity index is 1.06. The Labute approximate surface area is 235 Å². The Bertz CT molecular complexity index is 1700. The molecule has 0 amide bonds. The summed E-state index contributed by atoms with van der Waals surface area (Å²) in [7, 11) is 0. The van der Waals surface area contributed by atoms with Gasteiger partial charge in [0.2, 0.25) is 0 Å². The lowest BCUT2D eigenvalue weighted by Gasteiger charge is -2.34. The molecule has 2 bridgehead atoms. The molecule has 1 N–H and O–H groups in total. The highest BCUT2D eigenvalue weighted by Crippen LogP contribution is 2.36. The van der Waals surface area contributed by atoms with E-state index in [1.807, 2.05) is 18.5 Å². The highest BCUT2D eigenvalue weighted by atomic mass is 16.5. The van der Waals surface area contributed by atoms with Crippen LogP contribution < -0.4 is 0 Å². The van der Waals surface area contributed by atoms with Crippen LogP contribution in [0, 0.1) is 6.92 Å². The van der Waals surface area contributed by atoms with Crippen LogP contribution in [0.4, 0.5) is 0 Å². The molecule has 1 aliphatic carbocycles. The van der Waals surface area contributed by atoms with Gasteiger partial charge in [-0.25, -0.2) is 4.98 Å². The third-order valence-electron chi connectivity index (χ3n) is 9.46. The number of pyridine rings is 2. The molecule has 40 heavy (non-hydrogen) atoms. The summed E-state index contributed by atoms with van der Waals surface area (Å²) < 4.78 is 5.87. The largest absolute Gasteiger partial charge is 0.375 e. The summed E-state index contributed by atoms with van der Waals surface area (Å²) in [6.45, 7) is 4.17. The van der Waals surface area contributed by atoms with E-state index in [4.69, 9.17) is 9.72 Å². The molecule has 5 aromatic rings. The minimum Gasteiger partial charge on any atom is -0.375 e. The Morgan fingerprint density at radius 1 is 0.850 bits per heavy atom. The maximum Gasteiger partial charge on any atom is 0.137 e. The number of morpholine rings is 1. The minimum absolute atomic E-state index is 0.478. The van der Waals surface area contributed by atoms with Gasteiger partial charge in [-0.3, -0.25) is 9.88 Å². The standard InChI is InChI=1S/C35H34N4O/c1-22-3-2-14-36-34(22)25-7-5-24(6-8-25)33-19-38-35-32(33)16-28(18-37-35)27-9-4-23-10-12-29(13-11-26(23)15-27)39-20-31-17-30(39)21-40-31/h2-9,14-16,18-19,29-31H,10-13,17,20-21H2,1H3,(H,37,38)/t29-,30-,31-/m0/s1. The van der Waals surface area contributed by atoms with Crippen LogP contribution in [-0.2, 0) is 17.6 Å². The van der Waals surface area contributed by atoms with Crippen molar-refractivity contribution in [3.05, 3.63) is 95.9 Å². The lowest BCUT2D eigenvalue weighted by atomic mass is 9.96. The van der Waals surface area contributed by atoms with E-state index in [0.717, 1.165) is 41.9 Å². The van der Waals surface area contributed by atoms with Crippen LogP contribution in [0.15, 0.2) is 79.3 Å². The van der Waals surface area contributed by atoms with Crippen molar-refractivity contribution in [3.63, 3.8) is 0 Å². The first-order chi connectivity index (χ1) is 19.7. The van der Waals surface area contributed by atoms with Crippen LogP contribution in [0.5, 0.6) is 0 Å². The molecule has 0 unspecified atom stereocenters. The summed E-state index contributed by atoms with van der Waals surface area (Å²) in [5.74, 6) is 0. The Morgan fingerprint density at radius 2 is 1.68 bits per heavy atom. The fraction of sp³-hybridized carbons (Fsp3) is 0.314. The smallest absolute Gasteiger partial charge is 0.137 e. The van der Waals surface area contributed by atoms with Gasteiger partial charge in [-0.2, -0.15) is 0 Å². The average molecular weight is 527 g/mol. The normalized spacial score (nSPS) is 22.5. The number of nitrogens with one attached hydrogen (secondary N) is 1. The number of hydrogen-bond donors (Lipinski definition) is 1. The molecule has 0 radical (unpaired) electrons. The third-order valence-corrected chi connectivity index (χ3v) is 9.46. The van der Waals surface area contributed by atoms with Crippen LogP contribution in [0.2, 0.25) is 0 Å². The lowest BCUT2D eigenvalue weighted by molar-refractivity contribution is 0.00854. The summed E-state index contributed by atoms with van der Waals surface area (Å²) in [6, 6.07) is 23.5.